The first-order chi connectivity index (χ1) is 12.7. The number of rotatable bonds is 8. The minimum absolute atomic E-state index is 0.0578. The minimum Gasteiger partial charge on any atom is -0.444 e. The first kappa shape index (κ1) is 22.7. The molecule has 0 bridgehead atoms. The molecule has 0 aliphatic rings. The number of amides is 1. The van der Waals surface area contributed by atoms with Gasteiger partial charge in [0.25, 0.3) is 0 Å². The maximum atomic E-state index is 13.6. The van der Waals surface area contributed by atoms with Crippen molar-refractivity contribution in [1.29, 1.82) is 0 Å². The van der Waals surface area contributed by atoms with Crippen LogP contribution in [0.2, 0.25) is 0 Å². The lowest BCUT2D eigenvalue weighted by molar-refractivity contribution is 0.0527. The van der Waals surface area contributed by atoms with Gasteiger partial charge in [-0.1, -0.05) is 6.07 Å². The number of hydrogen-bond acceptors (Lipinski definition) is 3. The average molecular weight is 384 g/mol. The predicted molar refractivity (Wildman–Crippen MR) is 103 cm³/mol. The minimum atomic E-state index is -0.549. The zero-order valence-corrected chi connectivity index (χ0v) is 16.5. The monoisotopic (exact) mass is 384 g/mol. The second-order valence-electron chi connectivity index (χ2n) is 6.92. The third-order valence-corrected chi connectivity index (χ3v) is 3.35. The summed E-state index contributed by atoms with van der Waals surface area (Å²) in [7, 11) is 0. The van der Waals surface area contributed by atoms with Crippen molar-refractivity contribution in [3.8, 4) is 0 Å². The van der Waals surface area contributed by atoms with Gasteiger partial charge >= 0.3 is 6.09 Å². The van der Waals surface area contributed by atoms with Crippen LogP contribution in [0.5, 0.6) is 0 Å². The molecule has 0 aliphatic heterocycles. The molecule has 1 amide bonds. The fourth-order valence-electron chi connectivity index (χ4n) is 2.19. The quantitative estimate of drug-likeness (QED) is 0.366. The summed E-state index contributed by atoms with van der Waals surface area (Å²) in [6.07, 6.45) is 0.393. The van der Waals surface area contributed by atoms with Gasteiger partial charge in [-0.3, -0.25) is 4.99 Å². The van der Waals surface area contributed by atoms with Gasteiger partial charge in [-0.25, -0.2) is 13.6 Å². The Balaban J connectivity index is 2.36. The Kier molecular flexibility index (Phi) is 9.53. The number of hydrogen-bond donors (Lipinski definition) is 3. The largest absolute Gasteiger partial charge is 0.444 e. The number of nitrogens with one attached hydrogen (secondary N) is 3. The number of benzene rings is 1. The van der Waals surface area contributed by atoms with E-state index < -0.39 is 23.3 Å². The molecule has 0 saturated heterocycles. The van der Waals surface area contributed by atoms with E-state index in [1.807, 2.05) is 6.92 Å². The molecular weight excluding hydrogens is 354 g/mol. The fraction of sp³-hybridized carbons (Fsp3) is 0.579. The third-order valence-electron chi connectivity index (χ3n) is 3.35. The summed E-state index contributed by atoms with van der Waals surface area (Å²) < 4.78 is 32.4. The zero-order valence-electron chi connectivity index (χ0n) is 16.5. The van der Waals surface area contributed by atoms with Gasteiger partial charge in [-0.15, -0.1) is 0 Å². The van der Waals surface area contributed by atoms with Crippen LogP contribution in [0.4, 0.5) is 13.6 Å². The Hall–Kier alpha value is -2.38. The summed E-state index contributed by atoms with van der Waals surface area (Å²) in [4.78, 5) is 15.9. The van der Waals surface area contributed by atoms with E-state index in [0.717, 1.165) is 0 Å². The second kappa shape index (κ2) is 11.4. The number of aliphatic imine (C=N–C) groups is 1. The molecule has 0 fully saturated rings. The van der Waals surface area contributed by atoms with Gasteiger partial charge in [-0.05, 0) is 52.7 Å². The maximum Gasteiger partial charge on any atom is 0.407 e. The van der Waals surface area contributed by atoms with E-state index in [1.54, 1.807) is 20.8 Å². The standard InChI is InChI=1S/C19H30F2N4O2/c1-5-22-17(23-11-7-12-25-18(26)27-19(2,3)4)24-13-10-14-15(20)8-6-9-16(14)21/h6,8-9H,5,7,10-13H2,1-4H3,(H,25,26)(H2,22,23,24). The van der Waals surface area contributed by atoms with E-state index in [4.69, 9.17) is 4.74 Å². The summed E-state index contributed by atoms with van der Waals surface area (Å²) in [6.45, 7) is 9.28. The predicted octanol–water partition coefficient (Wildman–Crippen LogP) is 2.98. The summed E-state index contributed by atoms with van der Waals surface area (Å²) in [6, 6.07) is 3.84. The normalized spacial score (nSPS) is 11.9. The summed E-state index contributed by atoms with van der Waals surface area (Å²) in [5.74, 6) is -0.537. The molecule has 0 saturated carbocycles. The van der Waals surface area contributed by atoms with Gasteiger partial charge in [0.05, 0.1) is 0 Å². The Labute approximate surface area is 159 Å². The summed E-state index contributed by atoms with van der Waals surface area (Å²) >= 11 is 0. The van der Waals surface area contributed by atoms with Gasteiger partial charge in [0, 0.05) is 31.7 Å². The van der Waals surface area contributed by atoms with Gasteiger partial charge < -0.3 is 20.7 Å². The van der Waals surface area contributed by atoms with E-state index in [0.29, 0.717) is 38.6 Å². The van der Waals surface area contributed by atoms with E-state index in [9.17, 15) is 13.6 Å². The molecule has 0 spiro atoms. The van der Waals surface area contributed by atoms with Crippen molar-refractivity contribution in [3.05, 3.63) is 35.4 Å². The fourth-order valence-corrected chi connectivity index (χ4v) is 2.19. The molecule has 0 radical (unpaired) electrons. The van der Waals surface area contributed by atoms with E-state index >= 15 is 0 Å². The van der Waals surface area contributed by atoms with Crippen molar-refractivity contribution in [2.24, 2.45) is 4.99 Å². The SMILES string of the molecule is CCNC(=NCCCNC(=O)OC(C)(C)C)NCCc1c(F)cccc1F. The molecule has 152 valence electrons. The molecule has 1 rings (SSSR count). The molecule has 1 aromatic carbocycles. The number of carbonyl (C=O) groups is 1. The molecule has 1 aromatic rings. The number of carbonyl (C=O) groups excluding carboxylic acids is 1. The van der Waals surface area contributed by atoms with Crippen LogP contribution in [-0.2, 0) is 11.2 Å². The lowest BCUT2D eigenvalue weighted by Gasteiger charge is -2.19. The Morgan fingerprint density at radius 2 is 1.78 bits per heavy atom. The smallest absolute Gasteiger partial charge is 0.407 e. The molecule has 0 atom stereocenters. The van der Waals surface area contributed by atoms with Crippen molar-refractivity contribution in [3.63, 3.8) is 0 Å². The van der Waals surface area contributed by atoms with Crippen LogP contribution in [0.1, 0.15) is 39.7 Å². The maximum absolute atomic E-state index is 13.6. The van der Waals surface area contributed by atoms with Gasteiger partial charge in [0.1, 0.15) is 17.2 Å². The first-order valence-corrected chi connectivity index (χ1v) is 9.15. The van der Waals surface area contributed by atoms with E-state index in [-0.39, 0.29) is 12.0 Å². The van der Waals surface area contributed by atoms with Crippen molar-refractivity contribution < 1.29 is 18.3 Å². The van der Waals surface area contributed by atoms with Crippen LogP contribution in [-0.4, -0.2) is 43.8 Å². The lowest BCUT2D eigenvalue weighted by Crippen LogP contribution is -2.38. The summed E-state index contributed by atoms with van der Waals surface area (Å²) in [5, 5.41) is 8.78. The highest BCUT2D eigenvalue weighted by Crippen LogP contribution is 2.12. The topological polar surface area (TPSA) is 74.8 Å². The molecule has 6 nitrogen and oxygen atoms in total. The summed E-state index contributed by atoms with van der Waals surface area (Å²) in [5.41, 5.74) is -0.468. The van der Waals surface area contributed by atoms with Gasteiger partial charge in [0.2, 0.25) is 0 Å². The Morgan fingerprint density at radius 1 is 1.11 bits per heavy atom. The third kappa shape index (κ3) is 9.77. The number of ether oxygens (including phenoxy) is 1. The highest BCUT2D eigenvalue weighted by atomic mass is 19.1. The Bertz CT molecular complexity index is 610. The van der Waals surface area contributed by atoms with Crippen LogP contribution >= 0.6 is 0 Å². The number of alkyl carbamates (subject to hydrolysis) is 1. The molecular formula is C19H30F2N4O2. The second-order valence-corrected chi connectivity index (χ2v) is 6.92. The average Bonchev–Trinajstić information content (AvgIpc) is 2.55. The van der Waals surface area contributed by atoms with Crippen molar-refractivity contribution in [2.45, 2.75) is 46.1 Å². The zero-order chi connectivity index (χ0) is 20.3. The van der Waals surface area contributed by atoms with Crippen LogP contribution in [0.3, 0.4) is 0 Å². The number of guanidine groups is 1. The van der Waals surface area contributed by atoms with Gasteiger partial charge in [-0.2, -0.15) is 0 Å². The number of nitrogens with zero attached hydrogens (tertiary/aromatic N) is 1. The molecule has 27 heavy (non-hydrogen) atoms. The van der Waals surface area contributed by atoms with Crippen molar-refractivity contribution >= 4 is 12.1 Å². The highest BCUT2D eigenvalue weighted by molar-refractivity contribution is 5.79. The first-order valence-electron chi connectivity index (χ1n) is 9.15. The molecule has 0 aromatic heterocycles. The molecule has 8 heteroatoms. The van der Waals surface area contributed by atoms with Crippen molar-refractivity contribution in [1.82, 2.24) is 16.0 Å². The van der Waals surface area contributed by atoms with Crippen LogP contribution in [0.25, 0.3) is 0 Å². The van der Waals surface area contributed by atoms with E-state index in [2.05, 4.69) is 20.9 Å². The molecule has 0 heterocycles. The van der Waals surface area contributed by atoms with Crippen LogP contribution < -0.4 is 16.0 Å². The van der Waals surface area contributed by atoms with Gasteiger partial charge in [0.15, 0.2) is 5.96 Å². The van der Waals surface area contributed by atoms with Crippen molar-refractivity contribution in [2.75, 3.05) is 26.2 Å². The lowest BCUT2D eigenvalue weighted by atomic mass is 10.1. The van der Waals surface area contributed by atoms with Crippen LogP contribution in [0.15, 0.2) is 23.2 Å². The van der Waals surface area contributed by atoms with Crippen LogP contribution in [0, 0.1) is 11.6 Å². The number of halogens is 2. The molecule has 0 unspecified atom stereocenters. The molecule has 0 aliphatic carbocycles. The Morgan fingerprint density at radius 3 is 2.37 bits per heavy atom. The highest BCUT2D eigenvalue weighted by Gasteiger charge is 2.15. The van der Waals surface area contributed by atoms with E-state index in [1.165, 1.54) is 18.2 Å². The molecule has 3 N–H and O–H groups in total.